The van der Waals surface area contributed by atoms with Gasteiger partial charge in [0.25, 0.3) is 0 Å². The van der Waals surface area contributed by atoms with Crippen LogP contribution in [0.1, 0.15) is 37.7 Å². The van der Waals surface area contributed by atoms with E-state index < -0.39 is 0 Å². The van der Waals surface area contributed by atoms with E-state index in [1.54, 1.807) is 0 Å². The fraction of sp³-hybridized carbons (Fsp3) is 0.316. The van der Waals surface area contributed by atoms with Crippen LogP contribution in [0.15, 0.2) is 70.1 Å². The van der Waals surface area contributed by atoms with Gasteiger partial charge in [-0.25, -0.2) is 4.99 Å². The summed E-state index contributed by atoms with van der Waals surface area (Å²) in [5.41, 5.74) is 6.52. The summed E-state index contributed by atoms with van der Waals surface area (Å²) in [7, 11) is 0. The molecule has 2 nitrogen and oxygen atoms in total. The first-order valence-corrected chi connectivity index (χ1v) is 7.80. The smallest absolute Gasteiger partial charge is 0.145 e. The fourth-order valence-electron chi connectivity index (χ4n) is 3.32. The van der Waals surface area contributed by atoms with Gasteiger partial charge >= 0.3 is 0 Å². The molecule has 1 heterocycles. The van der Waals surface area contributed by atoms with Gasteiger partial charge in [0, 0.05) is 5.71 Å². The third kappa shape index (κ3) is 2.35. The van der Waals surface area contributed by atoms with Crippen molar-refractivity contribution in [1.29, 1.82) is 0 Å². The predicted octanol–water partition coefficient (Wildman–Crippen LogP) is 4.70. The Morgan fingerprint density at radius 3 is 2.76 bits per heavy atom. The van der Waals surface area contributed by atoms with Crippen molar-refractivity contribution in [2.24, 2.45) is 4.99 Å². The van der Waals surface area contributed by atoms with Gasteiger partial charge in [-0.3, -0.25) is 0 Å². The maximum absolute atomic E-state index is 6.04. The number of hydrogen-bond donors (Lipinski definition) is 0. The lowest BCUT2D eigenvalue weighted by molar-refractivity contribution is 0.207. The van der Waals surface area contributed by atoms with Gasteiger partial charge in [0.2, 0.25) is 0 Å². The molecule has 1 aliphatic heterocycles. The molecule has 2 heteroatoms. The Morgan fingerprint density at radius 2 is 1.86 bits per heavy atom. The van der Waals surface area contributed by atoms with E-state index in [1.165, 1.54) is 41.7 Å². The van der Waals surface area contributed by atoms with Gasteiger partial charge in [0.05, 0.1) is 0 Å². The number of allylic oxidation sites excluding steroid dienone is 4. The number of fused-ring (bicyclic) bond motifs is 2. The van der Waals surface area contributed by atoms with Gasteiger partial charge in [0.1, 0.15) is 18.1 Å². The third-order valence-corrected chi connectivity index (χ3v) is 4.40. The molecule has 0 unspecified atom stereocenters. The van der Waals surface area contributed by atoms with E-state index in [0.717, 1.165) is 24.3 Å². The van der Waals surface area contributed by atoms with Crippen molar-refractivity contribution in [2.45, 2.75) is 38.7 Å². The summed E-state index contributed by atoms with van der Waals surface area (Å²) >= 11 is 0. The van der Waals surface area contributed by atoms with Gasteiger partial charge in [0.15, 0.2) is 0 Å². The van der Waals surface area contributed by atoms with Crippen LogP contribution >= 0.6 is 0 Å². The predicted molar refractivity (Wildman–Crippen MR) is 84.9 cm³/mol. The third-order valence-electron chi connectivity index (χ3n) is 4.40. The molecule has 1 aromatic rings. The van der Waals surface area contributed by atoms with Gasteiger partial charge < -0.3 is 4.74 Å². The van der Waals surface area contributed by atoms with Crippen LogP contribution < -0.4 is 0 Å². The van der Waals surface area contributed by atoms with Crippen molar-refractivity contribution in [2.75, 3.05) is 0 Å². The van der Waals surface area contributed by atoms with Gasteiger partial charge in [-0.1, -0.05) is 36.4 Å². The monoisotopic (exact) mass is 277 g/mol. The molecule has 0 radical (unpaired) electrons. The van der Waals surface area contributed by atoms with Crippen LogP contribution in [-0.2, 0) is 11.3 Å². The summed E-state index contributed by atoms with van der Waals surface area (Å²) in [6.07, 6.45) is 10.2. The van der Waals surface area contributed by atoms with Crippen LogP contribution in [0.3, 0.4) is 0 Å². The number of rotatable bonds is 3. The maximum Gasteiger partial charge on any atom is 0.145 e. The highest BCUT2D eigenvalue weighted by Crippen LogP contribution is 2.39. The highest BCUT2D eigenvalue weighted by Gasteiger charge is 2.28. The summed E-state index contributed by atoms with van der Waals surface area (Å²) in [6.45, 7) is 0.609. The van der Waals surface area contributed by atoms with Crippen LogP contribution in [0.2, 0.25) is 0 Å². The Morgan fingerprint density at radius 1 is 1.00 bits per heavy atom. The summed E-state index contributed by atoms with van der Waals surface area (Å²) < 4.78 is 6.04. The van der Waals surface area contributed by atoms with E-state index in [-0.39, 0.29) is 0 Å². The summed E-state index contributed by atoms with van der Waals surface area (Å²) in [6, 6.07) is 10.3. The van der Waals surface area contributed by atoms with Crippen LogP contribution in [0.4, 0.5) is 0 Å². The molecule has 1 saturated carbocycles. The molecule has 0 spiro atoms. The lowest BCUT2D eigenvalue weighted by atomic mass is 9.88. The number of nitrogens with zero attached hydrogens (tertiary/aromatic N) is 1. The van der Waals surface area contributed by atoms with Crippen LogP contribution in [0.5, 0.6) is 0 Å². The molecule has 3 aliphatic rings. The van der Waals surface area contributed by atoms with Gasteiger partial charge in [-0.05, 0) is 54.9 Å². The molecule has 106 valence electrons. The highest BCUT2D eigenvalue weighted by molar-refractivity contribution is 6.05. The number of hydrogen-bond acceptors (Lipinski definition) is 2. The van der Waals surface area contributed by atoms with Crippen molar-refractivity contribution in [1.82, 2.24) is 0 Å². The average molecular weight is 277 g/mol. The van der Waals surface area contributed by atoms with Crippen molar-refractivity contribution >= 4 is 5.71 Å². The molecular formula is C19H19NO. The largest absolute Gasteiger partial charge is 0.487 e. The summed E-state index contributed by atoms with van der Waals surface area (Å²) in [4.78, 5) is 4.87. The number of benzene rings is 1. The van der Waals surface area contributed by atoms with Gasteiger partial charge in [-0.15, -0.1) is 0 Å². The van der Waals surface area contributed by atoms with E-state index in [9.17, 15) is 0 Å². The topological polar surface area (TPSA) is 21.6 Å². The molecule has 0 amide bonds. The Kier molecular flexibility index (Phi) is 3.23. The molecule has 21 heavy (non-hydrogen) atoms. The molecule has 1 aromatic carbocycles. The van der Waals surface area contributed by atoms with Gasteiger partial charge in [-0.2, -0.15) is 0 Å². The molecule has 4 rings (SSSR count). The first-order chi connectivity index (χ1) is 10.4. The minimum absolute atomic E-state index is 0.609. The molecule has 2 aliphatic carbocycles. The highest BCUT2D eigenvalue weighted by atomic mass is 16.5. The molecule has 0 aromatic heterocycles. The first kappa shape index (κ1) is 12.6. The second kappa shape index (κ2) is 5.36. The molecule has 0 atom stereocenters. The van der Waals surface area contributed by atoms with Crippen LogP contribution in [0, 0.1) is 0 Å². The Labute approximate surface area is 125 Å². The minimum atomic E-state index is 0.609. The quantitative estimate of drug-likeness (QED) is 0.784. The lowest BCUT2D eigenvalue weighted by Crippen LogP contribution is -2.07. The zero-order valence-electron chi connectivity index (χ0n) is 12.1. The minimum Gasteiger partial charge on any atom is -0.487 e. The lowest BCUT2D eigenvalue weighted by Gasteiger charge is -2.16. The Hall–Kier alpha value is -2.09. The molecule has 0 bridgehead atoms. The summed E-state index contributed by atoms with van der Waals surface area (Å²) in [5.74, 6) is 0.939. The van der Waals surface area contributed by atoms with Crippen molar-refractivity contribution in [3.63, 3.8) is 0 Å². The van der Waals surface area contributed by atoms with E-state index in [2.05, 4.69) is 24.3 Å². The molecule has 0 saturated heterocycles. The first-order valence-electron chi connectivity index (χ1n) is 7.80. The normalized spacial score (nSPS) is 20.3. The SMILES string of the molecule is C1=CC(OCc2ccccc2)=C2N=C3CCCCC3=C2C1. The average Bonchev–Trinajstić information content (AvgIpc) is 2.93. The Bertz CT molecular complexity index is 677. The maximum atomic E-state index is 6.04. The molecule has 1 fully saturated rings. The van der Waals surface area contributed by atoms with Crippen molar-refractivity contribution in [3.8, 4) is 0 Å². The second-order valence-corrected chi connectivity index (χ2v) is 5.82. The van der Waals surface area contributed by atoms with Crippen molar-refractivity contribution < 1.29 is 4.74 Å². The number of aliphatic imine (C=N–C) groups is 1. The summed E-state index contributed by atoms with van der Waals surface area (Å²) in [5, 5.41) is 0. The van der Waals surface area contributed by atoms with Crippen LogP contribution in [-0.4, -0.2) is 5.71 Å². The van der Waals surface area contributed by atoms with E-state index in [0.29, 0.717) is 6.61 Å². The zero-order chi connectivity index (χ0) is 14.1. The fourth-order valence-corrected chi connectivity index (χ4v) is 3.32. The van der Waals surface area contributed by atoms with E-state index in [1.807, 2.05) is 18.2 Å². The zero-order valence-corrected chi connectivity index (χ0v) is 12.1. The standard InChI is InChI=1S/C19H19NO/c1-2-7-14(8-3-1)13-21-18-12-6-10-16-15-9-4-5-11-17(15)20-19(16)18/h1-3,6-8,12H,4-5,9-11,13H2. The number of ether oxygens (including phenoxy) is 1. The van der Waals surface area contributed by atoms with Crippen LogP contribution in [0.25, 0.3) is 0 Å². The van der Waals surface area contributed by atoms with E-state index in [4.69, 9.17) is 9.73 Å². The Balaban J connectivity index is 1.61. The second-order valence-electron chi connectivity index (χ2n) is 5.82. The van der Waals surface area contributed by atoms with Crippen molar-refractivity contribution in [3.05, 3.63) is 70.6 Å². The molecule has 0 N–H and O–H groups in total. The molecular weight excluding hydrogens is 258 g/mol. The van der Waals surface area contributed by atoms with E-state index >= 15 is 0 Å².